The van der Waals surface area contributed by atoms with E-state index in [1.165, 1.54) is 0 Å². The Balaban J connectivity index is 2.12. The van der Waals surface area contributed by atoms with Crippen LogP contribution in [0, 0.1) is 0 Å². The maximum absolute atomic E-state index is 4.31. The molecule has 0 spiro atoms. The quantitative estimate of drug-likeness (QED) is 0.420. The van der Waals surface area contributed by atoms with Gasteiger partial charge in [-0.15, -0.1) is 5.10 Å². The van der Waals surface area contributed by atoms with Gasteiger partial charge in [0.25, 0.3) is 0 Å². The maximum atomic E-state index is 4.31. The third-order valence-electron chi connectivity index (χ3n) is 2.15. The van der Waals surface area contributed by atoms with Gasteiger partial charge in [-0.2, -0.15) is 10.3 Å². The van der Waals surface area contributed by atoms with E-state index in [1.807, 2.05) is 19.2 Å². The number of hydrogen-bond donors (Lipinski definition) is 2. The fourth-order valence-electron chi connectivity index (χ4n) is 1.27. The van der Waals surface area contributed by atoms with Crippen LogP contribution >= 0.6 is 0 Å². The van der Waals surface area contributed by atoms with Crippen LogP contribution in [-0.2, 0) is 0 Å². The van der Waals surface area contributed by atoms with Crippen LogP contribution in [0.4, 0.5) is 5.82 Å². The number of nitrogens with zero attached hydrogens (tertiary/aromatic N) is 4. The van der Waals surface area contributed by atoms with Crippen molar-refractivity contribution in [3.8, 4) is 0 Å². The van der Waals surface area contributed by atoms with Gasteiger partial charge >= 0.3 is 0 Å². The fourth-order valence-corrected chi connectivity index (χ4v) is 1.27. The van der Waals surface area contributed by atoms with Crippen molar-refractivity contribution in [2.24, 2.45) is 9.98 Å². The van der Waals surface area contributed by atoms with Crippen LogP contribution in [0.3, 0.4) is 0 Å². The summed E-state index contributed by atoms with van der Waals surface area (Å²) >= 11 is 0. The second-order valence-corrected chi connectivity index (χ2v) is 3.79. The molecule has 1 aromatic rings. The number of hydrogen-bond acceptors (Lipinski definition) is 4. The molecule has 0 saturated heterocycles. The van der Waals surface area contributed by atoms with Gasteiger partial charge in [0.1, 0.15) is 0 Å². The van der Waals surface area contributed by atoms with Crippen LogP contribution in [-0.4, -0.2) is 34.0 Å². The highest BCUT2D eigenvalue weighted by Gasteiger charge is 1.95. The second kappa shape index (κ2) is 9.09. The first kappa shape index (κ1) is 14.1. The smallest absolute Gasteiger partial charge is 0.193 e. The number of H-pyrrole nitrogens is 1. The second-order valence-electron chi connectivity index (χ2n) is 3.79. The fraction of sp³-hybridized carbons (Fsp3) is 0.500. The molecule has 0 bridgehead atoms. The SMILES string of the molecule is CCC=CNC=NCCCC(C)=Nc1cn[nH]n1. The molecule has 0 fully saturated rings. The molecule has 6 heteroatoms. The van der Waals surface area contributed by atoms with E-state index in [0.29, 0.717) is 5.82 Å². The van der Waals surface area contributed by atoms with Crippen LogP contribution in [0.1, 0.15) is 33.1 Å². The topological polar surface area (TPSA) is 78.3 Å². The van der Waals surface area contributed by atoms with Gasteiger partial charge in [0.2, 0.25) is 0 Å². The summed E-state index contributed by atoms with van der Waals surface area (Å²) in [5.41, 5.74) is 1.04. The molecule has 0 aliphatic rings. The first-order valence-electron chi connectivity index (χ1n) is 6.12. The summed E-state index contributed by atoms with van der Waals surface area (Å²) in [4.78, 5) is 8.55. The van der Waals surface area contributed by atoms with Crippen LogP contribution < -0.4 is 5.32 Å². The Morgan fingerprint density at radius 1 is 1.56 bits per heavy atom. The minimum Gasteiger partial charge on any atom is -0.353 e. The number of nitrogens with one attached hydrogen (secondary N) is 2. The van der Waals surface area contributed by atoms with Gasteiger partial charge in [0.05, 0.1) is 12.5 Å². The average molecular weight is 248 g/mol. The Morgan fingerprint density at radius 2 is 2.44 bits per heavy atom. The predicted octanol–water partition coefficient (Wildman–Crippen LogP) is 2.22. The molecule has 2 N–H and O–H groups in total. The van der Waals surface area contributed by atoms with Gasteiger partial charge in [-0.05, 0) is 32.4 Å². The van der Waals surface area contributed by atoms with Gasteiger partial charge in [0, 0.05) is 12.3 Å². The zero-order valence-corrected chi connectivity index (χ0v) is 10.9. The van der Waals surface area contributed by atoms with E-state index < -0.39 is 0 Å². The number of rotatable bonds is 8. The Labute approximate surface area is 107 Å². The van der Waals surface area contributed by atoms with E-state index in [2.05, 4.69) is 37.6 Å². The summed E-state index contributed by atoms with van der Waals surface area (Å²) in [6, 6.07) is 0. The highest BCUT2D eigenvalue weighted by molar-refractivity contribution is 5.83. The summed E-state index contributed by atoms with van der Waals surface area (Å²) in [6.45, 7) is 4.87. The van der Waals surface area contributed by atoms with E-state index in [1.54, 1.807) is 12.5 Å². The van der Waals surface area contributed by atoms with Crippen molar-refractivity contribution in [3.05, 3.63) is 18.5 Å². The lowest BCUT2D eigenvalue weighted by Gasteiger charge is -1.97. The highest BCUT2D eigenvalue weighted by atomic mass is 15.3. The monoisotopic (exact) mass is 248 g/mol. The molecule has 0 amide bonds. The van der Waals surface area contributed by atoms with Gasteiger partial charge in [0.15, 0.2) is 5.82 Å². The van der Waals surface area contributed by atoms with E-state index in [-0.39, 0.29) is 0 Å². The van der Waals surface area contributed by atoms with Crippen molar-refractivity contribution in [2.45, 2.75) is 33.1 Å². The number of aliphatic imine (C=N–C) groups is 2. The zero-order valence-electron chi connectivity index (χ0n) is 10.9. The minimum absolute atomic E-state index is 0.627. The zero-order chi connectivity index (χ0) is 13.1. The molecule has 0 aromatic carbocycles. The minimum atomic E-state index is 0.627. The lowest BCUT2D eigenvalue weighted by Crippen LogP contribution is -2.01. The van der Waals surface area contributed by atoms with E-state index in [4.69, 9.17) is 0 Å². The van der Waals surface area contributed by atoms with Crippen molar-refractivity contribution in [3.63, 3.8) is 0 Å². The Hall–Kier alpha value is -1.98. The van der Waals surface area contributed by atoms with Crippen molar-refractivity contribution in [1.29, 1.82) is 0 Å². The van der Waals surface area contributed by atoms with Crippen molar-refractivity contribution in [2.75, 3.05) is 6.54 Å². The molecule has 1 aromatic heterocycles. The van der Waals surface area contributed by atoms with Crippen LogP contribution in [0.5, 0.6) is 0 Å². The summed E-state index contributed by atoms with van der Waals surface area (Å²) in [6.07, 6.45) is 10.2. The average Bonchev–Trinajstić information content (AvgIpc) is 2.85. The predicted molar refractivity (Wildman–Crippen MR) is 74.3 cm³/mol. The van der Waals surface area contributed by atoms with E-state index in [0.717, 1.165) is 31.5 Å². The van der Waals surface area contributed by atoms with Gasteiger partial charge in [-0.25, -0.2) is 4.99 Å². The molecule has 1 heterocycles. The molecule has 1 rings (SSSR count). The van der Waals surface area contributed by atoms with E-state index in [9.17, 15) is 0 Å². The number of aromatic amines is 1. The molecule has 0 unspecified atom stereocenters. The summed E-state index contributed by atoms with van der Waals surface area (Å²) < 4.78 is 0. The molecular formula is C12H20N6. The normalized spacial score (nSPS) is 12.7. The summed E-state index contributed by atoms with van der Waals surface area (Å²) in [5, 5.41) is 13.1. The van der Waals surface area contributed by atoms with Crippen molar-refractivity contribution >= 4 is 17.9 Å². The summed E-state index contributed by atoms with van der Waals surface area (Å²) in [5.74, 6) is 0.627. The van der Waals surface area contributed by atoms with Crippen LogP contribution in [0.15, 0.2) is 28.5 Å². The molecule has 0 aliphatic heterocycles. The van der Waals surface area contributed by atoms with Gasteiger partial charge in [-0.3, -0.25) is 4.99 Å². The lowest BCUT2D eigenvalue weighted by atomic mass is 10.2. The third kappa shape index (κ3) is 6.57. The largest absolute Gasteiger partial charge is 0.353 e. The Morgan fingerprint density at radius 3 is 3.17 bits per heavy atom. The number of aromatic nitrogens is 3. The molecule has 0 saturated carbocycles. The van der Waals surface area contributed by atoms with Crippen molar-refractivity contribution < 1.29 is 0 Å². The Kier molecular flexibility index (Phi) is 7.11. The molecule has 18 heavy (non-hydrogen) atoms. The first-order chi connectivity index (χ1) is 8.83. The Bertz CT molecular complexity index is 391. The lowest BCUT2D eigenvalue weighted by molar-refractivity contribution is 0.873. The first-order valence-corrected chi connectivity index (χ1v) is 6.12. The molecule has 0 atom stereocenters. The molecule has 0 aliphatic carbocycles. The number of allylic oxidation sites excluding steroid dienone is 1. The third-order valence-corrected chi connectivity index (χ3v) is 2.15. The van der Waals surface area contributed by atoms with E-state index >= 15 is 0 Å². The van der Waals surface area contributed by atoms with Gasteiger partial charge in [-0.1, -0.05) is 13.0 Å². The van der Waals surface area contributed by atoms with Crippen LogP contribution in [0.2, 0.25) is 0 Å². The molecule has 0 radical (unpaired) electrons. The standard InChI is InChI=1S/C12H20N6/c1-3-4-7-13-10-14-8-5-6-11(2)16-12-9-15-18-17-12/h4,7,9-10H,3,5-6,8H2,1-2H3,(H,13,14)(H,15,17,18). The maximum Gasteiger partial charge on any atom is 0.193 e. The summed E-state index contributed by atoms with van der Waals surface area (Å²) in [7, 11) is 0. The molecule has 98 valence electrons. The molecular weight excluding hydrogens is 228 g/mol. The van der Waals surface area contributed by atoms with Crippen LogP contribution in [0.25, 0.3) is 0 Å². The molecule has 6 nitrogen and oxygen atoms in total. The van der Waals surface area contributed by atoms with Crippen molar-refractivity contribution in [1.82, 2.24) is 20.7 Å². The highest BCUT2D eigenvalue weighted by Crippen LogP contribution is 2.05. The van der Waals surface area contributed by atoms with Gasteiger partial charge < -0.3 is 5.32 Å².